The molecule has 2 fully saturated rings. The summed E-state index contributed by atoms with van der Waals surface area (Å²) in [7, 11) is 6.46. The van der Waals surface area contributed by atoms with Crippen LogP contribution in [0.1, 0.15) is 74.1 Å². The molecular weight excluding hydrogens is 346 g/mol. The molecule has 3 rings (SSSR count). The Morgan fingerprint density at radius 2 is 1.43 bits per heavy atom. The molecule has 0 saturated carbocycles. The van der Waals surface area contributed by atoms with E-state index in [-0.39, 0.29) is 20.5 Å². The zero-order valence-corrected chi connectivity index (χ0v) is 18.4. The molecule has 3 aliphatic heterocycles. The highest BCUT2D eigenvalue weighted by molar-refractivity contribution is 5.02. The van der Waals surface area contributed by atoms with Gasteiger partial charge in [-0.25, -0.2) is 0 Å². The van der Waals surface area contributed by atoms with Gasteiger partial charge in [-0.3, -0.25) is 0 Å². The highest BCUT2D eigenvalue weighted by Gasteiger charge is 2.25. The minimum Gasteiger partial charge on any atom is -0.390 e. The molecule has 0 aliphatic carbocycles. The molecule has 0 aromatic carbocycles. The molecule has 0 atom stereocenters. The molecule has 0 aromatic heterocycles. The summed E-state index contributed by atoms with van der Waals surface area (Å²) in [6.45, 7) is 13.5. The summed E-state index contributed by atoms with van der Waals surface area (Å²) in [5, 5.41) is 9.47. The largest absolute Gasteiger partial charge is 0.390 e. The molecule has 28 heavy (non-hydrogen) atoms. The van der Waals surface area contributed by atoms with Crippen molar-refractivity contribution < 1.29 is 5.11 Å². The number of hydrogen-bond donors (Lipinski definition) is 1. The van der Waals surface area contributed by atoms with Gasteiger partial charge in [0.25, 0.3) is 0 Å². The Kier molecular flexibility index (Phi) is 16.4. The summed E-state index contributed by atoms with van der Waals surface area (Å²) in [4.78, 5) is 7.00. The lowest BCUT2D eigenvalue weighted by atomic mass is 9.94. The number of piperidine rings is 2. The van der Waals surface area contributed by atoms with Gasteiger partial charge in [-0.2, -0.15) is 0 Å². The quantitative estimate of drug-likeness (QED) is 0.645. The molecule has 170 valence electrons. The molecule has 0 aromatic rings. The minimum atomic E-state index is -0.382. The van der Waals surface area contributed by atoms with Crippen molar-refractivity contribution in [2.24, 2.45) is 5.92 Å². The Hall–Kier alpha value is -0.420. The third-order valence-corrected chi connectivity index (χ3v) is 6.12. The monoisotopic (exact) mass is 399 g/mol. The van der Waals surface area contributed by atoms with E-state index in [4.69, 9.17) is 0 Å². The van der Waals surface area contributed by atoms with Gasteiger partial charge in [-0.15, -0.1) is 0 Å². The Balaban J connectivity index is 0. The van der Waals surface area contributed by atoms with Gasteiger partial charge in [0.15, 0.2) is 0 Å². The second-order valence-corrected chi connectivity index (χ2v) is 9.02. The van der Waals surface area contributed by atoms with Crippen LogP contribution in [0.25, 0.3) is 0 Å². The molecule has 0 bridgehead atoms. The number of likely N-dealkylation sites (N-methyl/N-ethyl adjacent to an activating group) is 1. The zero-order valence-electron chi connectivity index (χ0n) is 18.4. The molecular formula is C24H53N3O. The Labute approximate surface area is 178 Å². The van der Waals surface area contributed by atoms with Gasteiger partial charge in [0.1, 0.15) is 0 Å². The molecule has 2 saturated heterocycles. The first-order valence-electron chi connectivity index (χ1n) is 10.7. The van der Waals surface area contributed by atoms with Crippen LogP contribution in [0.15, 0.2) is 11.6 Å². The van der Waals surface area contributed by atoms with Crippen LogP contribution >= 0.6 is 0 Å². The van der Waals surface area contributed by atoms with Gasteiger partial charge < -0.3 is 19.8 Å². The maximum Gasteiger partial charge on any atom is 0.0644 e. The Morgan fingerprint density at radius 1 is 0.929 bits per heavy atom. The van der Waals surface area contributed by atoms with Crippen LogP contribution in [-0.4, -0.2) is 85.8 Å². The van der Waals surface area contributed by atoms with Gasteiger partial charge in [0.2, 0.25) is 0 Å². The SMILES string of the molecule is C.C.CC1=CCN(C)CC1.CCC1CCN(C)CC1.CN1CCC(C)(O)CC1. The summed E-state index contributed by atoms with van der Waals surface area (Å²) in [6.07, 6.45) is 9.63. The van der Waals surface area contributed by atoms with Gasteiger partial charge in [-0.1, -0.05) is 39.8 Å². The maximum absolute atomic E-state index is 9.47. The summed E-state index contributed by atoms with van der Waals surface area (Å²) in [5.74, 6) is 1.03. The summed E-state index contributed by atoms with van der Waals surface area (Å²) < 4.78 is 0. The topological polar surface area (TPSA) is 30.0 Å². The van der Waals surface area contributed by atoms with Crippen LogP contribution in [0.2, 0.25) is 0 Å². The first-order valence-corrected chi connectivity index (χ1v) is 10.7. The van der Waals surface area contributed by atoms with Crippen LogP contribution in [-0.2, 0) is 0 Å². The lowest BCUT2D eigenvalue weighted by molar-refractivity contribution is 0.000998. The van der Waals surface area contributed by atoms with Crippen LogP contribution in [0.4, 0.5) is 0 Å². The van der Waals surface area contributed by atoms with Gasteiger partial charge >= 0.3 is 0 Å². The first kappa shape index (κ1) is 29.8. The van der Waals surface area contributed by atoms with E-state index >= 15 is 0 Å². The van der Waals surface area contributed by atoms with Gasteiger partial charge in [0, 0.05) is 26.2 Å². The van der Waals surface area contributed by atoms with Crippen molar-refractivity contribution >= 4 is 0 Å². The molecule has 0 unspecified atom stereocenters. The average Bonchev–Trinajstić information content (AvgIpc) is 2.62. The fourth-order valence-corrected chi connectivity index (χ4v) is 3.44. The lowest BCUT2D eigenvalue weighted by Crippen LogP contribution is -2.40. The van der Waals surface area contributed by atoms with E-state index in [2.05, 4.69) is 55.8 Å². The predicted molar refractivity (Wildman–Crippen MR) is 127 cm³/mol. The second-order valence-electron chi connectivity index (χ2n) is 9.02. The van der Waals surface area contributed by atoms with E-state index in [9.17, 15) is 5.11 Å². The van der Waals surface area contributed by atoms with E-state index < -0.39 is 0 Å². The fraction of sp³-hybridized carbons (Fsp3) is 0.917. The smallest absolute Gasteiger partial charge is 0.0644 e. The molecule has 0 spiro atoms. The third kappa shape index (κ3) is 13.7. The van der Waals surface area contributed by atoms with E-state index in [1.165, 1.54) is 45.3 Å². The number of aliphatic hydroxyl groups is 1. The minimum absolute atomic E-state index is 0. The Bertz CT molecular complexity index is 391. The highest BCUT2D eigenvalue weighted by atomic mass is 16.3. The van der Waals surface area contributed by atoms with E-state index in [1.807, 2.05) is 6.92 Å². The Morgan fingerprint density at radius 3 is 1.79 bits per heavy atom. The maximum atomic E-state index is 9.47. The molecule has 3 aliphatic rings. The summed E-state index contributed by atoms with van der Waals surface area (Å²) in [5.41, 5.74) is 1.16. The van der Waals surface area contributed by atoms with Gasteiger partial charge in [0.05, 0.1) is 5.60 Å². The van der Waals surface area contributed by atoms with Crippen molar-refractivity contribution in [1.82, 2.24) is 14.7 Å². The average molecular weight is 400 g/mol. The van der Waals surface area contributed by atoms with E-state index in [0.717, 1.165) is 38.4 Å². The second kappa shape index (κ2) is 15.4. The van der Waals surface area contributed by atoms with Crippen LogP contribution in [0.3, 0.4) is 0 Å². The standard InChI is InChI=1S/C8H17N.C7H15NO.C7H13N.2CH4/c1-3-8-4-6-9(2)7-5-8;1-7(9)3-5-8(2)6-4-7;1-7-3-5-8(2)6-4-7;;/h8H,3-7H2,1-2H3;9H,3-6H2,1-2H3;3H,4-6H2,1-2H3;2*1H4. The summed E-state index contributed by atoms with van der Waals surface area (Å²) in [6, 6.07) is 0. The molecule has 0 radical (unpaired) electrons. The number of hydrogen-bond acceptors (Lipinski definition) is 4. The number of nitrogens with zero attached hydrogens (tertiary/aromatic N) is 3. The molecule has 0 amide bonds. The molecule has 1 N–H and O–H groups in total. The van der Waals surface area contributed by atoms with Crippen LogP contribution in [0, 0.1) is 5.92 Å². The normalized spacial score (nSPS) is 23.6. The third-order valence-electron chi connectivity index (χ3n) is 6.12. The highest BCUT2D eigenvalue weighted by Crippen LogP contribution is 2.19. The lowest BCUT2D eigenvalue weighted by Gasteiger charge is -2.33. The van der Waals surface area contributed by atoms with Crippen molar-refractivity contribution in [2.75, 3.05) is 60.4 Å². The fourth-order valence-electron chi connectivity index (χ4n) is 3.44. The van der Waals surface area contributed by atoms with E-state index in [1.54, 1.807) is 5.57 Å². The van der Waals surface area contributed by atoms with Crippen LogP contribution in [0.5, 0.6) is 0 Å². The molecule has 4 heteroatoms. The van der Waals surface area contributed by atoms with Crippen molar-refractivity contribution in [3.63, 3.8) is 0 Å². The predicted octanol–water partition coefficient (Wildman–Crippen LogP) is 4.74. The van der Waals surface area contributed by atoms with Crippen molar-refractivity contribution in [2.45, 2.75) is 79.8 Å². The van der Waals surface area contributed by atoms with Crippen molar-refractivity contribution in [3.05, 3.63) is 11.6 Å². The number of likely N-dealkylation sites (tertiary alicyclic amines) is 2. The van der Waals surface area contributed by atoms with E-state index in [0.29, 0.717) is 0 Å². The zero-order chi connectivity index (χ0) is 19.6. The first-order chi connectivity index (χ1) is 12.2. The van der Waals surface area contributed by atoms with Crippen LogP contribution < -0.4 is 0 Å². The molecule has 3 heterocycles. The summed E-state index contributed by atoms with van der Waals surface area (Å²) >= 11 is 0. The van der Waals surface area contributed by atoms with Crippen molar-refractivity contribution in [3.8, 4) is 0 Å². The van der Waals surface area contributed by atoms with Gasteiger partial charge in [-0.05, 0) is 86.1 Å². The van der Waals surface area contributed by atoms with Crippen molar-refractivity contribution in [1.29, 1.82) is 0 Å². The molecule has 4 nitrogen and oxygen atoms in total. The number of rotatable bonds is 1.